The maximum atomic E-state index is 11.6. The molecule has 2 rings (SSSR count). The molecule has 1 aromatic heterocycles. The van der Waals surface area contributed by atoms with Crippen LogP contribution in [0.15, 0.2) is 24.3 Å². The standard InChI is InChI=1S/C16H19N3O2/c1-5-19(13-8-6-10(2)7-9-13)15-14(16(20)21)11(3)12(4)17-18-15/h6-9H,5H2,1-4H3,(H,20,21). The smallest absolute Gasteiger partial charge is 0.339 e. The van der Waals surface area contributed by atoms with Gasteiger partial charge in [-0.3, -0.25) is 0 Å². The molecule has 0 spiro atoms. The first-order chi connectivity index (χ1) is 9.95. The fraction of sp³-hybridized carbons (Fsp3) is 0.312. The summed E-state index contributed by atoms with van der Waals surface area (Å²) in [5.74, 6) is -0.594. The van der Waals surface area contributed by atoms with Gasteiger partial charge in [-0.15, -0.1) is 5.10 Å². The zero-order valence-corrected chi connectivity index (χ0v) is 12.7. The summed E-state index contributed by atoms with van der Waals surface area (Å²) in [5.41, 5.74) is 3.56. The highest BCUT2D eigenvalue weighted by molar-refractivity contribution is 5.96. The van der Waals surface area contributed by atoms with E-state index in [1.165, 1.54) is 0 Å². The number of aryl methyl sites for hydroxylation is 2. The molecule has 0 bridgehead atoms. The number of aromatic nitrogens is 2. The Labute approximate surface area is 124 Å². The predicted molar refractivity (Wildman–Crippen MR) is 82.3 cm³/mol. The number of hydrogen-bond acceptors (Lipinski definition) is 4. The van der Waals surface area contributed by atoms with Gasteiger partial charge in [0.05, 0.1) is 5.69 Å². The zero-order valence-electron chi connectivity index (χ0n) is 12.7. The average molecular weight is 285 g/mol. The lowest BCUT2D eigenvalue weighted by Gasteiger charge is -2.24. The Morgan fingerprint density at radius 3 is 2.29 bits per heavy atom. The van der Waals surface area contributed by atoms with Crippen molar-refractivity contribution in [1.82, 2.24) is 10.2 Å². The van der Waals surface area contributed by atoms with Crippen LogP contribution in [0.4, 0.5) is 11.5 Å². The number of carboxylic acids is 1. The fourth-order valence-corrected chi connectivity index (χ4v) is 2.22. The molecular weight excluding hydrogens is 266 g/mol. The number of carbonyl (C=O) groups is 1. The SMILES string of the molecule is CCN(c1ccc(C)cc1)c1nnc(C)c(C)c1C(=O)O. The van der Waals surface area contributed by atoms with Crippen molar-refractivity contribution < 1.29 is 9.90 Å². The molecule has 0 atom stereocenters. The molecule has 0 radical (unpaired) electrons. The lowest BCUT2D eigenvalue weighted by Crippen LogP contribution is -2.22. The second-order valence-electron chi connectivity index (χ2n) is 4.99. The summed E-state index contributed by atoms with van der Waals surface area (Å²) in [6.45, 7) is 8.11. The second kappa shape index (κ2) is 5.91. The molecule has 5 heteroatoms. The van der Waals surface area contributed by atoms with E-state index in [0.717, 1.165) is 11.3 Å². The van der Waals surface area contributed by atoms with Crippen LogP contribution in [0, 0.1) is 20.8 Å². The van der Waals surface area contributed by atoms with Crippen LogP contribution in [0.3, 0.4) is 0 Å². The van der Waals surface area contributed by atoms with Crippen molar-refractivity contribution in [1.29, 1.82) is 0 Å². The quantitative estimate of drug-likeness (QED) is 0.934. The molecule has 0 aliphatic heterocycles. The van der Waals surface area contributed by atoms with E-state index in [0.29, 0.717) is 23.6 Å². The minimum absolute atomic E-state index is 0.213. The van der Waals surface area contributed by atoms with E-state index >= 15 is 0 Å². The molecule has 0 amide bonds. The van der Waals surface area contributed by atoms with E-state index in [9.17, 15) is 9.90 Å². The zero-order chi connectivity index (χ0) is 15.6. The van der Waals surface area contributed by atoms with E-state index in [2.05, 4.69) is 10.2 Å². The Morgan fingerprint density at radius 2 is 1.76 bits per heavy atom. The molecule has 110 valence electrons. The summed E-state index contributed by atoms with van der Waals surface area (Å²) in [4.78, 5) is 13.5. The predicted octanol–water partition coefficient (Wildman–Crippen LogP) is 3.26. The molecule has 0 aliphatic carbocycles. The van der Waals surface area contributed by atoms with E-state index < -0.39 is 5.97 Å². The molecule has 5 nitrogen and oxygen atoms in total. The first-order valence-electron chi connectivity index (χ1n) is 6.87. The molecule has 0 fully saturated rings. The van der Waals surface area contributed by atoms with Crippen molar-refractivity contribution in [3.63, 3.8) is 0 Å². The largest absolute Gasteiger partial charge is 0.478 e. The van der Waals surface area contributed by atoms with E-state index in [-0.39, 0.29) is 5.56 Å². The highest BCUT2D eigenvalue weighted by Gasteiger charge is 2.22. The molecule has 1 N–H and O–H groups in total. The van der Waals surface area contributed by atoms with Gasteiger partial charge < -0.3 is 10.0 Å². The van der Waals surface area contributed by atoms with Crippen molar-refractivity contribution in [2.24, 2.45) is 0 Å². The Kier molecular flexibility index (Phi) is 4.21. The van der Waals surface area contributed by atoms with Gasteiger partial charge in [-0.05, 0) is 45.4 Å². The van der Waals surface area contributed by atoms with Crippen molar-refractivity contribution in [3.8, 4) is 0 Å². The van der Waals surface area contributed by atoms with Gasteiger partial charge in [0.15, 0.2) is 5.82 Å². The van der Waals surface area contributed by atoms with Crippen LogP contribution in [0.25, 0.3) is 0 Å². The van der Waals surface area contributed by atoms with Gasteiger partial charge in [-0.25, -0.2) is 4.79 Å². The number of benzene rings is 1. The Balaban J connectivity index is 2.60. The van der Waals surface area contributed by atoms with Gasteiger partial charge in [-0.1, -0.05) is 17.7 Å². The number of anilines is 2. The molecule has 0 unspecified atom stereocenters. The van der Waals surface area contributed by atoms with Gasteiger partial charge in [0.1, 0.15) is 5.56 Å². The van der Waals surface area contributed by atoms with Crippen LogP contribution in [0.1, 0.15) is 34.1 Å². The van der Waals surface area contributed by atoms with Crippen molar-refractivity contribution in [2.75, 3.05) is 11.4 Å². The third kappa shape index (κ3) is 2.86. The Hall–Kier alpha value is -2.43. The first kappa shape index (κ1) is 15.0. The van der Waals surface area contributed by atoms with Crippen molar-refractivity contribution in [2.45, 2.75) is 27.7 Å². The van der Waals surface area contributed by atoms with Gasteiger partial charge in [0, 0.05) is 12.2 Å². The highest BCUT2D eigenvalue weighted by Crippen LogP contribution is 2.28. The normalized spacial score (nSPS) is 10.5. The molecule has 0 aliphatic rings. The molecular formula is C16H19N3O2. The summed E-state index contributed by atoms with van der Waals surface area (Å²) in [6.07, 6.45) is 0. The van der Waals surface area contributed by atoms with Crippen LogP contribution >= 0.6 is 0 Å². The van der Waals surface area contributed by atoms with Crippen LogP contribution in [-0.4, -0.2) is 27.8 Å². The monoisotopic (exact) mass is 285 g/mol. The number of nitrogens with zero attached hydrogens (tertiary/aromatic N) is 3. The number of rotatable bonds is 4. The summed E-state index contributed by atoms with van der Waals surface area (Å²) in [6, 6.07) is 7.91. The van der Waals surface area contributed by atoms with Crippen molar-refractivity contribution >= 4 is 17.5 Å². The molecule has 2 aromatic rings. The average Bonchev–Trinajstić information content (AvgIpc) is 2.45. The minimum Gasteiger partial charge on any atom is -0.478 e. The van der Waals surface area contributed by atoms with E-state index in [4.69, 9.17) is 0 Å². The molecule has 0 saturated heterocycles. The van der Waals surface area contributed by atoms with Crippen LogP contribution < -0.4 is 4.90 Å². The lowest BCUT2D eigenvalue weighted by atomic mass is 10.1. The molecule has 1 aromatic carbocycles. The second-order valence-corrected chi connectivity index (χ2v) is 4.99. The summed E-state index contributed by atoms with van der Waals surface area (Å²) >= 11 is 0. The lowest BCUT2D eigenvalue weighted by molar-refractivity contribution is 0.0696. The number of aromatic carboxylic acids is 1. The fourth-order valence-electron chi connectivity index (χ4n) is 2.22. The highest BCUT2D eigenvalue weighted by atomic mass is 16.4. The molecule has 0 saturated carbocycles. The van der Waals surface area contributed by atoms with Gasteiger partial charge >= 0.3 is 5.97 Å². The first-order valence-corrected chi connectivity index (χ1v) is 6.87. The van der Waals surface area contributed by atoms with E-state index in [1.807, 2.05) is 43.0 Å². The van der Waals surface area contributed by atoms with Crippen LogP contribution in [0.2, 0.25) is 0 Å². The third-order valence-corrected chi connectivity index (χ3v) is 3.57. The van der Waals surface area contributed by atoms with Gasteiger partial charge in [0.2, 0.25) is 0 Å². The summed E-state index contributed by atoms with van der Waals surface area (Å²) in [7, 11) is 0. The number of carboxylic acid groups (broad SMARTS) is 1. The Morgan fingerprint density at radius 1 is 1.14 bits per heavy atom. The molecule has 21 heavy (non-hydrogen) atoms. The summed E-state index contributed by atoms with van der Waals surface area (Å²) in [5, 5.41) is 17.7. The maximum absolute atomic E-state index is 11.6. The Bertz CT molecular complexity index is 666. The van der Waals surface area contributed by atoms with Gasteiger partial charge in [-0.2, -0.15) is 5.10 Å². The topological polar surface area (TPSA) is 66.3 Å². The van der Waals surface area contributed by atoms with Crippen LogP contribution in [-0.2, 0) is 0 Å². The minimum atomic E-state index is -0.980. The van der Waals surface area contributed by atoms with Crippen molar-refractivity contribution in [3.05, 3.63) is 46.6 Å². The maximum Gasteiger partial charge on any atom is 0.339 e. The number of hydrogen-bond donors (Lipinski definition) is 1. The van der Waals surface area contributed by atoms with Gasteiger partial charge in [0.25, 0.3) is 0 Å². The summed E-state index contributed by atoms with van der Waals surface area (Å²) < 4.78 is 0. The third-order valence-electron chi connectivity index (χ3n) is 3.57. The van der Waals surface area contributed by atoms with Crippen LogP contribution in [0.5, 0.6) is 0 Å². The van der Waals surface area contributed by atoms with E-state index in [1.54, 1.807) is 13.8 Å². The molecule has 1 heterocycles.